The Labute approximate surface area is 217 Å². The van der Waals surface area contributed by atoms with Crippen LogP contribution in [0.4, 0.5) is 0 Å². The van der Waals surface area contributed by atoms with Crippen LogP contribution in [0.2, 0.25) is 0 Å². The zero-order valence-corrected chi connectivity index (χ0v) is 23.2. The lowest BCUT2D eigenvalue weighted by Gasteiger charge is -2.58. The highest BCUT2D eigenvalue weighted by Crippen LogP contribution is 2.69. The fourth-order valence-corrected chi connectivity index (χ4v) is 9.27. The van der Waals surface area contributed by atoms with E-state index in [0.717, 1.165) is 43.9 Å². The Morgan fingerprint density at radius 1 is 1.14 bits per heavy atom. The second-order valence-corrected chi connectivity index (χ2v) is 13.2. The monoisotopic (exact) mass is 498 g/mol. The van der Waals surface area contributed by atoms with Crippen LogP contribution in [0.3, 0.4) is 0 Å². The van der Waals surface area contributed by atoms with Gasteiger partial charge >= 0.3 is 11.9 Å². The molecule has 0 unspecified atom stereocenters. The molecule has 200 valence electrons. The van der Waals surface area contributed by atoms with Gasteiger partial charge in [0.2, 0.25) is 0 Å². The van der Waals surface area contributed by atoms with Gasteiger partial charge in [0, 0.05) is 32.6 Å². The van der Waals surface area contributed by atoms with Gasteiger partial charge in [-0.25, -0.2) is 0 Å². The standard InChI is InChI=1S/C31H46O5/c1-18(17-34-20(3)32)7-10-27-19(2)29-28(36-27)16-26-24-9-8-22-15-23(35-21(4)33)11-13-30(22,5)25(24)12-14-31(26,29)6/h8,18,23-26,28-29H,7,9-17H2,1-6H3/t18-,23-,24+,25-,26-,28-,29-,30-,31-/m0/s1. The fourth-order valence-electron chi connectivity index (χ4n) is 9.27. The number of hydrogen-bond donors (Lipinski definition) is 0. The van der Waals surface area contributed by atoms with Gasteiger partial charge in [0.25, 0.3) is 0 Å². The molecule has 5 aliphatic rings. The Hall–Kier alpha value is -1.78. The molecular formula is C31H46O5. The number of esters is 2. The quantitative estimate of drug-likeness (QED) is 0.299. The number of ether oxygens (including phenoxy) is 3. The van der Waals surface area contributed by atoms with E-state index in [9.17, 15) is 9.59 Å². The van der Waals surface area contributed by atoms with Crippen molar-refractivity contribution in [2.24, 2.45) is 40.4 Å². The van der Waals surface area contributed by atoms with E-state index in [-0.39, 0.29) is 23.5 Å². The Kier molecular flexibility index (Phi) is 6.83. The topological polar surface area (TPSA) is 61.8 Å². The summed E-state index contributed by atoms with van der Waals surface area (Å²) in [6, 6.07) is 0. The number of hydrogen-bond acceptors (Lipinski definition) is 5. The van der Waals surface area contributed by atoms with E-state index in [1.165, 1.54) is 50.9 Å². The molecule has 0 bridgehead atoms. The molecule has 0 aromatic rings. The van der Waals surface area contributed by atoms with Gasteiger partial charge in [0.1, 0.15) is 12.2 Å². The van der Waals surface area contributed by atoms with Crippen LogP contribution in [0.25, 0.3) is 0 Å². The molecule has 0 radical (unpaired) electrons. The molecule has 1 heterocycles. The number of rotatable bonds is 6. The molecule has 3 saturated carbocycles. The van der Waals surface area contributed by atoms with Crippen LogP contribution in [-0.2, 0) is 23.8 Å². The third-order valence-electron chi connectivity index (χ3n) is 11.0. The van der Waals surface area contributed by atoms with Crippen molar-refractivity contribution in [3.8, 4) is 0 Å². The summed E-state index contributed by atoms with van der Waals surface area (Å²) < 4.78 is 17.5. The first-order valence-electron chi connectivity index (χ1n) is 14.4. The molecule has 0 aromatic carbocycles. The summed E-state index contributed by atoms with van der Waals surface area (Å²) in [5.41, 5.74) is 3.62. The average Bonchev–Trinajstić information content (AvgIpc) is 3.29. The number of carbonyl (C=O) groups is 2. The van der Waals surface area contributed by atoms with Crippen molar-refractivity contribution in [3.63, 3.8) is 0 Å². The second kappa shape index (κ2) is 9.51. The smallest absolute Gasteiger partial charge is 0.302 e. The van der Waals surface area contributed by atoms with Crippen molar-refractivity contribution in [3.05, 3.63) is 23.0 Å². The highest BCUT2D eigenvalue weighted by Gasteiger charge is 2.63. The van der Waals surface area contributed by atoms with Crippen molar-refractivity contribution < 1.29 is 23.8 Å². The van der Waals surface area contributed by atoms with E-state index in [4.69, 9.17) is 14.2 Å². The predicted molar refractivity (Wildman–Crippen MR) is 139 cm³/mol. The average molecular weight is 499 g/mol. The molecule has 0 saturated heterocycles. The SMILES string of the molecule is CC(=O)OC[C@@H](C)CCC1=C(C)[C@H]2[C@H](C[C@H]3[C@@H]4CC=C5C[C@@H](OC(C)=O)CC[C@]5(C)[C@H]4CC[C@@]32C)O1. The summed E-state index contributed by atoms with van der Waals surface area (Å²) in [5.74, 6) is 3.93. The lowest BCUT2D eigenvalue weighted by atomic mass is 9.47. The van der Waals surface area contributed by atoms with Gasteiger partial charge in [-0.1, -0.05) is 32.4 Å². The zero-order chi connectivity index (χ0) is 25.8. The maximum Gasteiger partial charge on any atom is 0.302 e. The molecule has 0 amide bonds. The van der Waals surface area contributed by atoms with Crippen LogP contribution in [0.15, 0.2) is 23.0 Å². The third kappa shape index (κ3) is 4.32. The molecule has 5 nitrogen and oxygen atoms in total. The van der Waals surface area contributed by atoms with E-state index in [2.05, 4.69) is 33.8 Å². The van der Waals surface area contributed by atoms with Crippen LogP contribution < -0.4 is 0 Å². The number of fused-ring (bicyclic) bond motifs is 7. The van der Waals surface area contributed by atoms with Gasteiger partial charge in [-0.2, -0.15) is 0 Å². The Morgan fingerprint density at radius 2 is 1.92 bits per heavy atom. The summed E-state index contributed by atoms with van der Waals surface area (Å²) in [6.07, 6.45) is 12.9. The molecule has 9 atom stereocenters. The normalized spacial score (nSPS) is 41.8. The van der Waals surface area contributed by atoms with Crippen molar-refractivity contribution in [1.29, 1.82) is 0 Å². The fraction of sp³-hybridized carbons (Fsp3) is 0.806. The van der Waals surface area contributed by atoms with Gasteiger partial charge in [-0.15, -0.1) is 0 Å². The number of carbonyl (C=O) groups excluding carboxylic acids is 2. The summed E-state index contributed by atoms with van der Waals surface area (Å²) in [6.45, 7) is 13.1. The summed E-state index contributed by atoms with van der Waals surface area (Å²) >= 11 is 0. The predicted octanol–water partition coefficient (Wildman–Crippen LogP) is 6.76. The first-order valence-corrected chi connectivity index (χ1v) is 14.4. The van der Waals surface area contributed by atoms with E-state index in [1.807, 2.05) is 0 Å². The van der Waals surface area contributed by atoms with Crippen LogP contribution in [0.5, 0.6) is 0 Å². The molecule has 3 fully saturated rings. The molecular weight excluding hydrogens is 452 g/mol. The number of allylic oxidation sites excluding steroid dienone is 2. The minimum atomic E-state index is -0.200. The van der Waals surface area contributed by atoms with Crippen molar-refractivity contribution in [2.45, 2.75) is 112 Å². The summed E-state index contributed by atoms with van der Waals surface area (Å²) in [5, 5.41) is 0. The van der Waals surface area contributed by atoms with Crippen molar-refractivity contribution in [2.75, 3.05) is 6.61 Å². The van der Waals surface area contributed by atoms with Gasteiger partial charge < -0.3 is 14.2 Å². The van der Waals surface area contributed by atoms with Crippen LogP contribution >= 0.6 is 0 Å². The molecule has 5 rings (SSSR count). The first-order chi connectivity index (χ1) is 17.0. The van der Waals surface area contributed by atoms with E-state index in [0.29, 0.717) is 35.9 Å². The maximum atomic E-state index is 11.5. The lowest BCUT2D eigenvalue weighted by Crippen LogP contribution is -2.50. The largest absolute Gasteiger partial charge is 0.494 e. The lowest BCUT2D eigenvalue weighted by molar-refractivity contribution is -0.148. The van der Waals surface area contributed by atoms with Crippen LogP contribution in [-0.4, -0.2) is 30.8 Å². The summed E-state index contributed by atoms with van der Waals surface area (Å²) in [7, 11) is 0. The molecule has 4 aliphatic carbocycles. The molecule has 5 heteroatoms. The van der Waals surface area contributed by atoms with Crippen LogP contribution in [0.1, 0.15) is 99.3 Å². The van der Waals surface area contributed by atoms with Gasteiger partial charge in [0.05, 0.1) is 12.4 Å². The molecule has 0 N–H and O–H groups in total. The first kappa shape index (κ1) is 25.9. The van der Waals surface area contributed by atoms with E-state index in [1.54, 1.807) is 5.57 Å². The Bertz CT molecular complexity index is 964. The highest BCUT2D eigenvalue weighted by molar-refractivity contribution is 5.66. The van der Waals surface area contributed by atoms with Gasteiger partial charge in [0.15, 0.2) is 0 Å². The second-order valence-electron chi connectivity index (χ2n) is 13.2. The third-order valence-corrected chi connectivity index (χ3v) is 11.0. The van der Waals surface area contributed by atoms with Gasteiger partial charge in [-0.05, 0) is 91.9 Å². The van der Waals surface area contributed by atoms with Crippen LogP contribution in [0, 0.1) is 40.4 Å². The minimum Gasteiger partial charge on any atom is -0.494 e. The van der Waals surface area contributed by atoms with E-state index < -0.39 is 0 Å². The molecule has 36 heavy (non-hydrogen) atoms. The maximum absolute atomic E-state index is 11.5. The van der Waals surface area contributed by atoms with Crippen molar-refractivity contribution >= 4 is 11.9 Å². The molecule has 1 aliphatic heterocycles. The Morgan fingerprint density at radius 3 is 2.64 bits per heavy atom. The highest BCUT2D eigenvalue weighted by atomic mass is 16.5. The zero-order valence-electron chi connectivity index (χ0n) is 23.2. The molecule has 0 aromatic heterocycles. The Balaban J connectivity index is 1.29. The van der Waals surface area contributed by atoms with Gasteiger partial charge in [-0.3, -0.25) is 9.59 Å². The van der Waals surface area contributed by atoms with Crippen molar-refractivity contribution in [1.82, 2.24) is 0 Å². The molecule has 0 spiro atoms. The minimum absolute atomic E-state index is 0.0643. The summed E-state index contributed by atoms with van der Waals surface area (Å²) in [4.78, 5) is 22.7. The van der Waals surface area contributed by atoms with E-state index >= 15 is 0 Å².